The van der Waals surface area contributed by atoms with Crippen LogP contribution in [0, 0.1) is 12.8 Å². The first-order chi connectivity index (χ1) is 9.93. The van der Waals surface area contributed by atoms with Crippen molar-refractivity contribution in [2.75, 3.05) is 25.5 Å². The van der Waals surface area contributed by atoms with Crippen LogP contribution in [0.25, 0.3) is 0 Å². The molecule has 0 fully saturated rings. The van der Waals surface area contributed by atoms with Crippen molar-refractivity contribution in [1.29, 1.82) is 0 Å². The van der Waals surface area contributed by atoms with Crippen LogP contribution in [0.15, 0.2) is 18.2 Å². The van der Waals surface area contributed by atoms with Crippen LogP contribution in [-0.4, -0.2) is 32.0 Å². The molecular formula is C16H26ClN3O2. The Morgan fingerprint density at radius 3 is 2.41 bits per heavy atom. The van der Waals surface area contributed by atoms with Crippen LogP contribution in [-0.2, 0) is 4.79 Å². The maximum absolute atomic E-state index is 11.9. The number of benzene rings is 1. The van der Waals surface area contributed by atoms with Crippen LogP contribution in [0.3, 0.4) is 0 Å². The minimum absolute atomic E-state index is 0. The van der Waals surface area contributed by atoms with E-state index in [9.17, 15) is 9.59 Å². The lowest BCUT2D eigenvalue weighted by atomic mass is 10.1. The van der Waals surface area contributed by atoms with Crippen LogP contribution in [0.5, 0.6) is 0 Å². The van der Waals surface area contributed by atoms with E-state index in [4.69, 9.17) is 0 Å². The topological polar surface area (TPSA) is 70.2 Å². The van der Waals surface area contributed by atoms with Crippen LogP contribution >= 0.6 is 12.4 Å². The number of carbonyl (C=O) groups excluding carboxylic acids is 2. The van der Waals surface area contributed by atoms with Gasteiger partial charge in [0.2, 0.25) is 5.91 Å². The highest BCUT2D eigenvalue weighted by molar-refractivity contribution is 5.96. The van der Waals surface area contributed by atoms with Crippen molar-refractivity contribution in [3.05, 3.63) is 29.3 Å². The molecule has 3 N–H and O–H groups in total. The third kappa shape index (κ3) is 6.91. The summed E-state index contributed by atoms with van der Waals surface area (Å²) in [7, 11) is 1.84. The molecule has 1 rings (SSSR count). The number of amides is 2. The van der Waals surface area contributed by atoms with Gasteiger partial charge in [-0.2, -0.15) is 0 Å². The van der Waals surface area contributed by atoms with Crippen molar-refractivity contribution < 1.29 is 9.59 Å². The van der Waals surface area contributed by atoms with Crippen LogP contribution in [0.1, 0.15) is 36.2 Å². The van der Waals surface area contributed by atoms with E-state index in [2.05, 4.69) is 16.0 Å². The van der Waals surface area contributed by atoms with Crippen LogP contribution in [0.4, 0.5) is 5.69 Å². The monoisotopic (exact) mass is 327 g/mol. The molecule has 0 aliphatic carbocycles. The zero-order valence-corrected chi connectivity index (χ0v) is 14.5. The van der Waals surface area contributed by atoms with Gasteiger partial charge in [0, 0.05) is 30.8 Å². The standard InChI is InChI=1S/C16H25N3O2.ClH/c1-11(2)9-15(20)19-14-6-5-13(10-12(14)3)16(21)18-8-7-17-4;/h5-6,10-11,17H,7-9H2,1-4H3,(H,18,21)(H,19,20);1H. The number of anilines is 1. The molecule has 1 aromatic carbocycles. The molecule has 0 aromatic heterocycles. The van der Waals surface area contributed by atoms with E-state index >= 15 is 0 Å². The SMILES string of the molecule is CNCCNC(=O)c1ccc(NC(=O)CC(C)C)c(C)c1.Cl. The Labute approximate surface area is 138 Å². The summed E-state index contributed by atoms with van der Waals surface area (Å²) in [5.41, 5.74) is 2.24. The maximum atomic E-state index is 11.9. The van der Waals surface area contributed by atoms with E-state index in [1.165, 1.54) is 0 Å². The summed E-state index contributed by atoms with van der Waals surface area (Å²) < 4.78 is 0. The molecule has 0 saturated heterocycles. The smallest absolute Gasteiger partial charge is 0.251 e. The van der Waals surface area contributed by atoms with Crippen LogP contribution < -0.4 is 16.0 Å². The van der Waals surface area contributed by atoms with E-state index in [0.717, 1.165) is 17.8 Å². The maximum Gasteiger partial charge on any atom is 0.251 e. The van der Waals surface area contributed by atoms with Crippen molar-refractivity contribution in [3.8, 4) is 0 Å². The van der Waals surface area contributed by atoms with E-state index in [-0.39, 0.29) is 24.2 Å². The largest absolute Gasteiger partial charge is 0.351 e. The van der Waals surface area contributed by atoms with Gasteiger partial charge in [0.25, 0.3) is 5.91 Å². The first-order valence-electron chi connectivity index (χ1n) is 7.27. The highest BCUT2D eigenvalue weighted by Gasteiger charge is 2.10. The fraction of sp³-hybridized carbons (Fsp3) is 0.500. The summed E-state index contributed by atoms with van der Waals surface area (Å²) in [4.78, 5) is 23.7. The van der Waals surface area contributed by atoms with Crippen molar-refractivity contribution in [2.45, 2.75) is 27.2 Å². The van der Waals surface area contributed by atoms with E-state index in [1.807, 2.05) is 27.8 Å². The van der Waals surface area contributed by atoms with Crippen molar-refractivity contribution >= 4 is 29.9 Å². The summed E-state index contributed by atoms with van der Waals surface area (Å²) in [6.45, 7) is 7.21. The number of halogens is 1. The summed E-state index contributed by atoms with van der Waals surface area (Å²) in [5, 5.41) is 8.67. The van der Waals surface area contributed by atoms with Gasteiger partial charge in [0.1, 0.15) is 0 Å². The van der Waals surface area contributed by atoms with Crippen molar-refractivity contribution in [2.24, 2.45) is 5.92 Å². The van der Waals surface area contributed by atoms with Gasteiger partial charge in [0.15, 0.2) is 0 Å². The lowest BCUT2D eigenvalue weighted by Gasteiger charge is -2.11. The molecule has 22 heavy (non-hydrogen) atoms. The molecule has 0 aliphatic heterocycles. The molecule has 124 valence electrons. The fourth-order valence-electron chi connectivity index (χ4n) is 1.92. The molecule has 1 aromatic rings. The number of carbonyl (C=O) groups is 2. The quantitative estimate of drug-likeness (QED) is 0.673. The number of hydrogen-bond donors (Lipinski definition) is 3. The molecule has 0 spiro atoms. The predicted molar refractivity (Wildman–Crippen MR) is 92.8 cm³/mol. The van der Waals surface area contributed by atoms with Crippen molar-refractivity contribution in [1.82, 2.24) is 10.6 Å². The second kappa shape index (κ2) is 10.2. The minimum atomic E-state index is -0.103. The van der Waals surface area contributed by atoms with Gasteiger partial charge in [-0.15, -0.1) is 12.4 Å². The molecule has 0 saturated carbocycles. The van der Waals surface area contributed by atoms with Gasteiger partial charge in [-0.3, -0.25) is 9.59 Å². The van der Waals surface area contributed by atoms with Gasteiger partial charge in [-0.25, -0.2) is 0 Å². The van der Waals surface area contributed by atoms with Crippen LogP contribution in [0.2, 0.25) is 0 Å². The van der Waals surface area contributed by atoms with Gasteiger partial charge < -0.3 is 16.0 Å². The summed E-state index contributed by atoms with van der Waals surface area (Å²) in [6.07, 6.45) is 0.492. The average Bonchev–Trinajstić information content (AvgIpc) is 2.40. The van der Waals surface area contributed by atoms with E-state index in [1.54, 1.807) is 18.2 Å². The van der Waals surface area contributed by atoms with Gasteiger partial charge in [-0.05, 0) is 43.7 Å². The molecule has 0 unspecified atom stereocenters. The third-order valence-corrected chi connectivity index (χ3v) is 3.02. The number of rotatable bonds is 7. The predicted octanol–water partition coefficient (Wildman–Crippen LogP) is 2.35. The second-order valence-corrected chi connectivity index (χ2v) is 5.54. The first-order valence-corrected chi connectivity index (χ1v) is 7.27. The zero-order chi connectivity index (χ0) is 15.8. The van der Waals surface area contributed by atoms with E-state index in [0.29, 0.717) is 24.4 Å². The summed E-state index contributed by atoms with van der Waals surface area (Å²) >= 11 is 0. The Morgan fingerprint density at radius 2 is 1.86 bits per heavy atom. The molecule has 0 heterocycles. The summed E-state index contributed by atoms with van der Waals surface area (Å²) in [6, 6.07) is 5.30. The van der Waals surface area contributed by atoms with Gasteiger partial charge >= 0.3 is 0 Å². The molecule has 0 radical (unpaired) electrons. The molecule has 0 aliphatic rings. The van der Waals surface area contributed by atoms with E-state index < -0.39 is 0 Å². The highest BCUT2D eigenvalue weighted by atomic mass is 35.5. The molecule has 0 bridgehead atoms. The van der Waals surface area contributed by atoms with Crippen molar-refractivity contribution in [3.63, 3.8) is 0 Å². The number of nitrogens with one attached hydrogen (secondary N) is 3. The first kappa shape index (κ1) is 20.4. The zero-order valence-electron chi connectivity index (χ0n) is 13.7. The number of likely N-dealkylation sites (N-methyl/N-ethyl adjacent to an activating group) is 1. The fourth-order valence-corrected chi connectivity index (χ4v) is 1.92. The molecule has 5 nitrogen and oxygen atoms in total. The normalized spacial score (nSPS) is 10.0. The number of aryl methyl sites for hydroxylation is 1. The number of hydrogen-bond acceptors (Lipinski definition) is 3. The average molecular weight is 328 g/mol. The Morgan fingerprint density at radius 1 is 1.18 bits per heavy atom. The third-order valence-electron chi connectivity index (χ3n) is 3.02. The second-order valence-electron chi connectivity index (χ2n) is 5.54. The lowest BCUT2D eigenvalue weighted by Crippen LogP contribution is -2.30. The molecule has 2 amide bonds. The molecule has 6 heteroatoms. The Bertz CT molecular complexity index is 504. The van der Waals surface area contributed by atoms with Gasteiger partial charge in [0.05, 0.1) is 0 Å². The molecular weight excluding hydrogens is 302 g/mol. The minimum Gasteiger partial charge on any atom is -0.351 e. The van der Waals surface area contributed by atoms with Gasteiger partial charge in [-0.1, -0.05) is 13.8 Å². The highest BCUT2D eigenvalue weighted by Crippen LogP contribution is 2.17. The summed E-state index contributed by atoms with van der Waals surface area (Å²) in [5.74, 6) is 0.218. The molecule has 0 atom stereocenters. The lowest BCUT2D eigenvalue weighted by molar-refractivity contribution is -0.116. The Kier molecular flexibility index (Phi) is 9.45. The Balaban J connectivity index is 0.00000441. The Hall–Kier alpha value is -1.59.